The second kappa shape index (κ2) is 8.79. The lowest BCUT2D eigenvalue weighted by Crippen LogP contribution is -2.09. The van der Waals surface area contributed by atoms with E-state index in [0.717, 1.165) is 17.7 Å². The smallest absolute Gasteiger partial charge is 0.249 e. The quantitative estimate of drug-likeness (QED) is 0.629. The Kier molecular flexibility index (Phi) is 5.98. The van der Waals surface area contributed by atoms with Crippen LogP contribution in [0.25, 0.3) is 0 Å². The van der Waals surface area contributed by atoms with Crippen molar-refractivity contribution in [3.63, 3.8) is 0 Å². The van der Waals surface area contributed by atoms with E-state index in [2.05, 4.69) is 25.8 Å². The minimum Gasteiger partial charge on any atom is -0.493 e. The van der Waals surface area contributed by atoms with Gasteiger partial charge in [0, 0.05) is 18.3 Å². The Labute approximate surface area is 156 Å². The predicted molar refractivity (Wildman–Crippen MR) is 101 cm³/mol. The third-order valence-electron chi connectivity index (χ3n) is 3.83. The van der Waals surface area contributed by atoms with Crippen molar-refractivity contribution in [1.29, 1.82) is 0 Å². The molecule has 3 rings (SSSR count). The molecule has 0 spiro atoms. The van der Waals surface area contributed by atoms with E-state index in [0.29, 0.717) is 29.8 Å². The fourth-order valence-electron chi connectivity index (χ4n) is 2.47. The first kappa shape index (κ1) is 18.4. The number of aromatic nitrogens is 3. The minimum absolute atomic E-state index is 0.238. The highest BCUT2D eigenvalue weighted by Gasteiger charge is 2.07. The highest BCUT2D eigenvalue weighted by atomic mass is 19.1. The van der Waals surface area contributed by atoms with Crippen LogP contribution in [0.2, 0.25) is 0 Å². The first-order valence-corrected chi connectivity index (χ1v) is 8.35. The van der Waals surface area contributed by atoms with Crippen LogP contribution in [0.3, 0.4) is 0 Å². The SMILES string of the molecule is COc1ccc(Nc2nncc(NCCc3ccc(F)cc3)n2)cc1OC. The van der Waals surface area contributed by atoms with Crippen molar-refractivity contribution in [2.45, 2.75) is 6.42 Å². The number of hydrogen-bond acceptors (Lipinski definition) is 7. The van der Waals surface area contributed by atoms with Crippen molar-refractivity contribution in [3.05, 3.63) is 60.0 Å². The third kappa shape index (κ3) is 5.04. The van der Waals surface area contributed by atoms with E-state index in [9.17, 15) is 4.39 Å². The van der Waals surface area contributed by atoms with Gasteiger partial charge in [-0.25, -0.2) is 4.39 Å². The highest BCUT2D eigenvalue weighted by molar-refractivity contribution is 5.60. The number of halogens is 1. The second-order valence-corrected chi connectivity index (χ2v) is 5.66. The van der Waals surface area contributed by atoms with Crippen LogP contribution in [0, 0.1) is 5.82 Å². The standard InChI is InChI=1S/C19H20FN5O2/c1-26-16-8-7-15(11-17(16)27-2)23-19-24-18(12-22-25-19)21-10-9-13-3-5-14(20)6-4-13/h3-8,11-12H,9-10H2,1-2H3,(H2,21,23,24,25). The first-order chi connectivity index (χ1) is 13.2. The Hall–Kier alpha value is -3.42. The summed E-state index contributed by atoms with van der Waals surface area (Å²) in [5, 5.41) is 14.2. The fraction of sp³-hybridized carbons (Fsp3) is 0.211. The summed E-state index contributed by atoms with van der Waals surface area (Å²) in [4.78, 5) is 4.38. The number of ether oxygens (including phenoxy) is 2. The molecule has 3 aromatic rings. The summed E-state index contributed by atoms with van der Waals surface area (Å²) in [5.74, 6) is 1.95. The van der Waals surface area contributed by atoms with Gasteiger partial charge in [0.15, 0.2) is 17.3 Å². The Morgan fingerprint density at radius 1 is 1.00 bits per heavy atom. The Morgan fingerprint density at radius 3 is 2.52 bits per heavy atom. The minimum atomic E-state index is -0.238. The lowest BCUT2D eigenvalue weighted by atomic mass is 10.1. The third-order valence-corrected chi connectivity index (χ3v) is 3.83. The molecule has 8 heteroatoms. The average Bonchev–Trinajstić information content (AvgIpc) is 2.70. The second-order valence-electron chi connectivity index (χ2n) is 5.66. The van der Waals surface area contributed by atoms with Gasteiger partial charge in [0.05, 0.1) is 20.4 Å². The normalized spacial score (nSPS) is 10.3. The average molecular weight is 369 g/mol. The zero-order valence-corrected chi connectivity index (χ0v) is 15.1. The molecule has 1 aromatic heterocycles. The summed E-state index contributed by atoms with van der Waals surface area (Å²) in [5.41, 5.74) is 1.78. The van der Waals surface area contributed by atoms with Gasteiger partial charge in [-0.15, -0.1) is 5.10 Å². The Morgan fingerprint density at radius 2 is 1.78 bits per heavy atom. The summed E-state index contributed by atoms with van der Waals surface area (Å²) < 4.78 is 23.4. The molecule has 0 amide bonds. The number of rotatable bonds is 8. The van der Waals surface area contributed by atoms with Crippen LogP contribution in [0.15, 0.2) is 48.7 Å². The van der Waals surface area contributed by atoms with Crippen molar-refractivity contribution in [1.82, 2.24) is 15.2 Å². The molecule has 0 unspecified atom stereocenters. The molecule has 0 aliphatic carbocycles. The van der Waals surface area contributed by atoms with Crippen LogP contribution >= 0.6 is 0 Å². The van der Waals surface area contributed by atoms with Gasteiger partial charge in [-0.3, -0.25) is 0 Å². The van der Waals surface area contributed by atoms with Gasteiger partial charge in [0.2, 0.25) is 5.95 Å². The summed E-state index contributed by atoms with van der Waals surface area (Å²) in [6, 6.07) is 11.8. The predicted octanol–water partition coefficient (Wildman–Crippen LogP) is 3.43. The van der Waals surface area contributed by atoms with Crippen LogP contribution in [-0.4, -0.2) is 35.9 Å². The van der Waals surface area contributed by atoms with Gasteiger partial charge in [-0.05, 0) is 36.2 Å². The van der Waals surface area contributed by atoms with E-state index < -0.39 is 0 Å². The molecule has 0 fully saturated rings. The molecule has 0 atom stereocenters. The number of benzene rings is 2. The van der Waals surface area contributed by atoms with Gasteiger partial charge in [-0.2, -0.15) is 10.1 Å². The van der Waals surface area contributed by atoms with E-state index in [1.54, 1.807) is 44.7 Å². The molecule has 0 bridgehead atoms. The molecule has 2 N–H and O–H groups in total. The van der Waals surface area contributed by atoms with Crippen LogP contribution < -0.4 is 20.1 Å². The summed E-state index contributed by atoms with van der Waals surface area (Å²) >= 11 is 0. The molecule has 7 nitrogen and oxygen atoms in total. The van der Waals surface area contributed by atoms with Gasteiger partial charge in [0.1, 0.15) is 5.82 Å². The maximum absolute atomic E-state index is 12.9. The van der Waals surface area contributed by atoms with Crippen molar-refractivity contribution in [2.24, 2.45) is 0 Å². The lowest BCUT2D eigenvalue weighted by molar-refractivity contribution is 0.355. The lowest BCUT2D eigenvalue weighted by Gasteiger charge is -2.11. The molecule has 140 valence electrons. The molecule has 0 saturated carbocycles. The van der Waals surface area contributed by atoms with E-state index in [-0.39, 0.29) is 5.82 Å². The van der Waals surface area contributed by atoms with Gasteiger partial charge in [0.25, 0.3) is 0 Å². The number of anilines is 3. The zero-order chi connectivity index (χ0) is 19.1. The highest BCUT2D eigenvalue weighted by Crippen LogP contribution is 2.30. The summed E-state index contributed by atoms with van der Waals surface area (Å²) in [6.45, 7) is 0.639. The monoisotopic (exact) mass is 369 g/mol. The molecular weight excluding hydrogens is 349 g/mol. The maximum atomic E-state index is 12.9. The van der Waals surface area contributed by atoms with Crippen molar-refractivity contribution in [3.8, 4) is 11.5 Å². The van der Waals surface area contributed by atoms with E-state index in [4.69, 9.17) is 9.47 Å². The molecule has 0 radical (unpaired) electrons. The van der Waals surface area contributed by atoms with E-state index in [1.165, 1.54) is 12.1 Å². The van der Waals surface area contributed by atoms with E-state index >= 15 is 0 Å². The van der Waals surface area contributed by atoms with Crippen LogP contribution in [0.4, 0.5) is 21.8 Å². The molecule has 2 aromatic carbocycles. The van der Waals surface area contributed by atoms with Crippen molar-refractivity contribution >= 4 is 17.5 Å². The maximum Gasteiger partial charge on any atom is 0.249 e. The van der Waals surface area contributed by atoms with Crippen molar-refractivity contribution < 1.29 is 13.9 Å². The Balaban J connectivity index is 1.60. The van der Waals surface area contributed by atoms with Crippen LogP contribution in [0.1, 0.15) is 5.56 Å². The summed E-state index contributed by atoms with van der Waals surface area (Å²) in [7, 11) is 3.16. The number of nitrogens with zero attached hydrogens (tertiary/aromatic N) is 3. The molecular formula is C19H20FN5O2. The molecule has 0 aliphatic heterocycles. The molecule has 27 heavy (non-hydrogen) atoms. The molecule has 0 saturated heterocycles. The first-order valence-electron chi connectivity index (χ1n) is 8.35. The van der Waals surface area contributed by atoms with Crippen LogP contribution in [-0.2, 0) is 6.42 Å². The topological polar surface area (TPSA) is 81.2 Å². The van der Waals surface area contributed by atoms with Gasteiger partial charge in [-0.1, -0.05) is 12.1 Å². The van der Waals surface area contributed by atoms with Crippen molar-refractivity contribution in [2.75, 3.05) is 31.4 Å². The molecule has 0 aliphatic rings. The fourth-order valence-corrected chi connectivity index (χ4v) is 2.47. The number of hydrogen-bond donors (Lipinski definition) is 2. The summed E-state index contributed by atoms with van der Waals surface area (Å²) in [6.07, 6.45) is 2.28. The van der Waals surface area contributed by atoms with Crippen LogP contribution in [0.5, 0.6) is 11.5 Å². The van der Waals surface area contributed by atoms with Gasteiger partial charge < -0.3 is 20.1 Å². The number of methoxy groups -OCH3 is 2. The Bertz CT molecular complexity index is 890. The van der Waals surface area contributed by atoms with Gasteiger partial charge >= 0.3 is 0 Å². The largest absolute Gasteiger partial charge is 0.493 e. The van der Waals surface area contributed by atoms with E-state index in [1.807, 2.05) is 6.07 Å². The zero-order valence-electron chi connectivity index (χ0n) is 15.1. The molecule has 1 heterocycles. The number of nitrogens with one attached hydrogen (secondary N) is 2.